The number of urea groups is 1. The van der Waals surface area contributed by atoms with Crippen LogP contribution in [-0.4, -0.2) is 48.0 Å². The van der Waals surface area contributed by atoms with E-state index in [1.807, 2.05) is 0 Å². The van der Waals surface area contributed by atoms with E-state index in [0.717, 1.165) is 18.2 Å². The number of nitrogens with zero attached hydrogens (tertiary/aromatic N) is 1. The molecule has 2 atom stereocenters. The number of imide groups is 1. The van der Waals surface area contributed by atoms with Gasteiger partial charge in [-0.05, 0) is 38.0 Å². The summed E-state index contributed by atoms with van der Waals surface area (Å²) < 4.78 is 10.7. The monoisotopic (exact) mass is 399 g/mol. The molecule has 3 heterocycles. The van der Waals surface area contributed by atoms with Gasteiger partial charge in [-0.25, -0.2) is 9.59 Å². The molecular weight excluding hydrogens is 378 g/mol. The van der Waals surface area contributed by atoms with Crippen LogP contribution in [0.2, 0.25) is 0 Å². The van der Waals surface area contributed by atoms with Gasteiger partial charge >= 0.3 is 11.7 Å². The molecule has 2 fully saturated rings. The highest BCUT2D eigenvalue weighted by atomic mass is 16.5. The molecule has 2 aromatic rings. The predicted octanol–water partition coefficient (Wildman–Crippen LogP) is 1.01. The van der Waals surface area contributed by atoms with Crippen molar-refractivity contribution >= 4 is 28.8 Å². The highest BCUT2D eigenvalue weighted by Gasteiger charge is 2.49. The highest BCUT2D eigenvalue weighted by Crippen LogP contribution is 2.30. The zero-order valence-corrected chi connectivity index (χ0v) is 15.9. The number of benzene rings is 1. The van der Waals surface area contributed by atoms with E-state index in [2.05, 4.69) is 10.6 Å². The summed E-state index contributed by atoms with van der Waals surface area (Å²) in [6, 6.07) is 7.51. The molecule has 4 amide bonds. The largest absolute Gasteiger partial charge is 0.484 e. The second-order valence-electron chi connectivity index (χ2n) is 7.53. The summed E-state index contributed by atoms with van der Waals surface area (Å²) in [5.74, 6) is -0.335. The first-order valence-corrected chi connectivity index (χ1v) is 9.43. The van der Waals surface area contributed by atoms with Crippen LogP contribution < -0.4 is 21.0 Å². The maximum atomic E-state index is 12.6. The predicted molar refractivity (Wildman–Crippen MR) is 102 cm³/mol. The zero-order chi connectivity index (χ0) is 20.6. The van der Waals surface area contributed by atoms with E-state index in [-0.39, 0.29) is 24.3 Å². The normalized spacial score (nSPS) is 24.3. The number of carbonyl (C=O) groups is 3. The van der Waals surface area contributed by atoms with Crippen LogP contribution in [0.5, 0.6) is 5.75 Å². The number of hydrogen-bond donors (Lipinski definition) is 2. The van der Waals surface area contributed by atoms with Crippen LogP contribution in [0, 0.1) is 5.92 Å². The lowest BCUT2D eigenvalue weighted by Crippen LogP contribution is -2.56. The van der Waals surface area contributed by atoms with Gasteiger partial charge in [-0.15, -0.1) is 0 Å². The molecule has 29 heavy (non-hydrogen) atoms. The second kappa shape index (κ2) is 7.23. The van der Waals surface area contributed by atoms with Crippen molar-refractivity contribution in [2.24, 2.45) is 5.92 Å². The maximum Gasteiger partial charge on any atom is 0.336 e. The number of ether oxygens (including phenoxy) is 1. The molecule has 0 spiro atoms. The van der Waals surface area contributed by atoms with E-state index < -0.39 is 17.2 Å². The Morgan fingerprint density at radius 3 is 2.83 bits per heavy atom. The van der Waals surface area contributed by atoms with Crippen molar-refractivity contribution in [3.8, 4) is 5.75 Å². The van der Waals surface area contributed by atoms with E-state index >= 15 is 0 Å². The lowest BCUT2D eigenvalue weighted by molar-refractivity contribution is -0.137. The third-order valence-corrected chi connectivity index (χ3v) is 5.62. The second-order valence-corrected chi connectivity index (χ2v) is 7.53. The van der Waals surface area contributed by atoms with Crippen molar-refractivity contribution < 1.29 is 23.5 Å². The summed E-state index contributed by atoms with van der Waals surface area (Å²) in [4.78, 5) is 49.3. The number of fused-ring (bicyclic) bond motifs is 1. The van der Waals surface area contributed by atoms with Crippen molar-refractivity contribution in [1.82, 2.24) is 15.5 Å². The first-order chi connectivity index (χ1) is 13.8. The molecule has 2 aliphatic rings. The van der Waals surface area contributed by atoms with Crippen LogP contribution >= 0.6 is 0 Å². The minimum absolute atomic E-state index is 0.176. The minimum Gasteiger partial charge on any atom is -0.484 e. The molecule has 0 radical (unpaired) electrons. The zero-order valence-electron chi connectivity index (χ0n) is 15.9. The summed E-state index contributed by atoms with van der Waals surface area (Å²) in [5, 5.41) is 5.71. The van der Waals surface area contributed by atoms with E-state index in [9.17, 15) is 19.2 Å². The summed E-state index contributed by atoms with van der Waals surface area (Å²) in [6.45, 7) is 2.44. The Kier molecular flexibility index (Phi) is 4.73. The average Bonchev–Trinajstić information content (AvgIpc) is 2.98. The third kappa shape index (κ3) is 3.67. The van der Waals surface area contributed by atoms with Gasteiger partial charge in [-0.1, -0.05) is 0 Å². The van der Waals surface area contributed by atoms with Gasteiger partial charge in [0.25, 0.3) is 11.8 Å². The Balaban J connectivity index is 1.40. The molecule has 9 heteroatoms. The van der Waals surface area contributed by atoms with Gasteiger partial charge in [0, 0.05) is 36.5 Å². The Bertz CT molecular complexity index is 1050. The van der Waals surface area contributed by atoms with Crippen LogP contribution in [0.3, 0.4) is 0 Å². The molecule has 0 unspecified atom stereocenters. The smallest absolute Gasteiger partial charge is 0.336 e. The van der Waals surface area contributed by atoms with Gasteiger partial charge in [0.2, 0.25) is 0 Å². The fourth-order valence-electron chi connectivity index (χ4n) is 3.89. The molecular formula is C20H21N3O6. The summed E-state index contributed by atoms with van der Waals surface area (Å²) in [7, 11) is 0. The fraction of sp³-hybridized carbons (Fsp3) is 0.400. The number of nitrogens with one attached hydrogen (secondary N) is 2. The summed E-state index contributed by atoms with van der Waals surface area (Å²) in [5.41, 5.74) is -1.09. The van der Waals surface area contributed by atoms with Gasteiger partial charge in [0.15, 0.2) is 6.61 Å². The Labute approximate surface area is 166 Å². The molecule has 1 aromatic heterocycles. The van der Waals surface area contributed by atoms with Gasteiger partial charge in [-0.2, -0.15) is 0 Å². The highest BCUT2D eigenvalue weighted by molar-refractivity contribution is 6.07. The topological polar surface area (TPSA) is 118 Å². The molecule has 0 saturated carbocycles. The van der Waals surface area contributed by atoms with Gasteiger partial charge in [-0.3, -0.25) is 14.9 Å². The molecule has 2 saturated heterocycles. The number of amides is 4. The Morgan fingerprint density at radius 1 is 1.28 bits per heavy atom. The minimum atomic E-state index is -1.02. The lowest BCUT2D eigenvalue weighted by atomic mass is 9.80. The molecule has 2 aliphatic heterocycles. The number of likely N-dealkylation sites (tertiary alicyclic amines) is 1. The SMILES string of the molecule is C[C@]1([C@@H]2CCCN(C(=O)COc3ccc4ccc(=O)oc4c3)C2)NC(=O)NC1=O. The molecule has 1 aromatic carbocycles. The van der Waals surface area contributed by atoms with Crippen LogP contribution in [0.15, 0.2) is 39.5 Å². The molecule has 0 bridgehead atoms. The Morgan fingerprint density at radius 2 is 2.07 bits per heavy atom. The van der Waals surface area contributed by atoms with Crippen molar-refractivity contribution in [1.29, 1.82) is 0 Å². The standard InChI is InChI=1S/C20H21N3O6/c1-20(18(26)21-19(27)22-20)13-3-2-8-23(10-13)16(24)11-28-14-6-4-12-5-7-17(25)29-15(12)9-14/h4-7,9,13H,2-3,8,10-11H2,1H3,(H2,21,22,26,27)/t13-,20-/m1/s1. The molecule has 2 N–H and O–H groups in total. The number of hydrogen-bond acceptors (Lipinski definition) is 6. The number of rotatable bonds is 4. The molecule has 9 nitrogen and oxygen atoms in total. The maximum absolute atomic E-state index is 12.6. The van der Waals surface area contributed by atoms with E-state index in [0.29, 0.717) is 24.4 Å². The van der Waals surface area contributed by atoms with Crippen molar-refractivity contribution in [2.75, 3.05) is 19.7 Å². The number of piperidine rings is 1. The van der Waals surface area contributed by atoms with Crippen molar-refractivity contribution in [3.63, 3.8) is 0 Å². The molecule has 0 aliphatic carbocycles. The van der Waals surface area contributed by atoms with Gasteiger partial charge in [0.1, 0.15) is 16.9 Å². The van der Waals surface area contributed by atoms with Gasteiger partial charge in [0.05, 0.1) is 0 Å². The van der Waals surface area contributed by atoms with E-state index in [1.165, 1.54) is 6.07 Å². The van der Waals surface area contributed by atoms with Gasteiger partial charge < -0.3 is 19.4 Å². The van der Waals surface area contributed by atoms with Crippen LogP contribution in [-0.2, 0) is 9.59 Å². The fourth-order valence-corrected chi connectivity index (χ4v) is 3.89. The summed E-state index contributed by atoms with van der Waals surface area (Å²) in [6.07, 6.45) is 1.47. The number of carbonyl (C=O) groups excluding carboxylic acids is 3. The Hall–Kier alpha value is -3.36. The van der Waals surface area contributed by atoms with Crippen LogP contribution in [0.1, 0.15) is 19.8 Å². The van der Waals surface area contributed by atoms with E-state index in [4.69, 9.17) is 9.15 Å². The molecule has 4 rings (SSSR count). The molecule has 152 valence electrons. The summed E-state index contributed by atoms with van der Waals surface area (Å²) >= 11 is 0. The van der Waals surface area contributed by atoms with Crippen molar-refractivity contribution in [3.05, 3.63) is 40.8 Å². The first kappa shape index (κ1) is 19.0. The van der Waals surface area contributed by atoms with Crippen LogP contribution in [0.4, 0.5) is 4.79 Å². The third-order valence-electron chi connectivity index (χ3n) is 5.62. The first-order valence-electron chi connectivity index (χ1n) is 9.43. The van der Waals surface area contributed by atoms with Crippen LogP contribution in [0.25, 0.3) is 11.0 Å². The average molecular weight is 399 g/mol. The lowest BCUT2D eigenvalue weighted by Gasteiger charge is -2.39. The van der Waals surface area contributed by atoms with E-state index in [1.54, 1.807) is 36.1 Å². The quantitative estimate of drug-likeness (QED) is 0.585. The van der Waals surface area contributed by atoms with Crippen molar-refractivity contribution in [2.45, 2.75) is 25.3 Å².